The van der Waals surface area contributed by atoms with Crippen LogP contribution in [0.2, 0.25) is 0 Å². The van der Waals surface area contributed by atoms with E-state index in [0.717, 1.165) is 45.1 Å². The first-order valence-corrected chi connectivity index (χ1v) is 9.25. The van der Waals surface area contributed by atoms with E-state index in [2.05, 4.69) is 10.6 Å². The normalized spacial score (nSPS) is 22.9. The average molecular weight is 354 g/mol. The second kappa shape index (κ2) is 8.65. The van der Waals surface area contributed by atoms with E-state index in [1.54, 1.807) is 20.8 Å². The molecule has 7 heteroatoms. The Balaban J connectivity index is 2.00. The summed E-state index contributed by atoms with van der Waals surface area (Å²) in [5.41, 5.74) is -0.658. The first-order valence-electron chi connectivity index (χ1n) is 9.25. The molecule has 7 nitrogen and oxygen atoms in total. The third kappa shape index (κ3) is 6.30. The number of ether oxygens (including phenoxy) is 2. The zero-order valence-corrected chi connectivity index (χ0v) is 15.4. The minimum Gasteiger partial charge on any atom is -0.444 e. The van der Waals surface area contributed by atoms with Crippen LogP contribution < -0.4 is 10.6 Å². The van der Waals surface area contributed by atoms with Crippen molar-refractivity contribution in [3.8, 4) is 0 Å². The van der Waals surface area contributed by atoms with Crippen LogP contribution in [-0.4, -0.2) is 42.3 Å². The van der Waals surface area contributed by atoms with E-state index >= 15 is 0 Å². The lowest BCUT2D eigenvalue weighted by atomic mass is 9.84. The van der Waals surface area contributed by atoms with Gasteiger partial charge in [-0.2, -0.15) is 0 Å². The van der Waals surface area contributed by atoms with Gasteiger partial charge in [0.15, 0.2) is 0 Å². The van der Waals surface area contributed by atoms with E-state index in [4.69, 9.17) is 9.47 Å². The lowest BCUT2D eigenvalue weighted by Crippen LogP contribution is -2.50. The molecule has 0 aromatic heterocycles. The van der Waals surface area contributed by atoms with Crippen molar-refractivity contribution in [1.29, 1.82) is 0 Å². The molecule has 0 spiro atoms. The van der Waals surface area contributed by atoms with Gasteiger partial charge in [-0.05, 0) is 58.9 Å². The van der Waals surface area contributed by atoms with Crippen LogP contribution in [0.3, 0.4) is 0 Å². The van der Waals surface area contributed by atoms with E-state index in [-0.39, 0.29) is 5.92 Å². The summed E-state index contributed by atoms with van der Waals surface area (Å²) < 4.78 is 10.3. The lowest BCUT2D eigenvalue weighted by molar-refractivity contribution is -0.163. The summed E-state index contributed by atoms with van der Waals surface area (Å²) >= 11 is 0. The number of hydrogen-bond acceptors (Lipinski definition) is 6. The van der Waals surface area contributed by atoms with Crippen molar-refractivity contribution in [3.63, 3.8) is 0 Å². The highest BCUT2D eigenvalue weighted by Gasteiger charge is 2.36. The molecule has 0 unspecified atom stereocenters. The number of carbonyl (C=O) groups is 3. The average Bonchev–Trinajstić information content (AvgIpc) is 3.06. The molecule has 1 heterocycles. The van der Waals surface area contributed by atoms with Gasteiger partial charge in [-0.3, -0.25) is 0 Å². The highest BCUT2D eigenvalue weighted by molar-refractivity contribution is 5.92. The fourth-order valence-electron chi connectivity index (χ4n) is 3.39. The molecule has 1 amide bonds. The molecular formula is C18H30N2O5. The summed E-state index contributed by atoms with van der Waals surface area (Å²) in [4.78, 5) is 36.8. The first kappa shape index (κ1) is 19.7. The topological polar surface area (TPSA) is 93.7 Å². The Morgan fingerprint density at radius 2 is 1.72 bits per heavy atom. The summed E-state index contributed by atoms with van der Waals surface area (Å²) in [5.74, 6) is -1.27. The molecule has 2 fully saturated rings. The highest BCUT2D eigenvalue weighted by atomic mass is 16.6. The van der Waals surface area contributed by atoms with Gasteiger partial charge in [0.25, 0.3) is 0 Å². The van der Waals surface area contributed by atoms with Gasteiger partial charge in [-0.1, -0.05) is 19.3 Å². The number of hydrogen-bond donors (Lipinski definition) is 2. The zero-order chi connectivity index (χ0) is 18.4. The molecule has 0 aromatic rings. The maximum Gasteiger partial charge on any atom is 0.408 e. The van der Waals surface area contributed by atoms with E-state index < -0.39 is 35.7 Å². The Morgan fingerprint density at radius 3 is 2.28 bits per heavy atom. The molecule has 1 saturated carbocycles. The van der Waals surface area contributed by atoms with Crippen LogP contribution in [0.25, 0.3) is 0 Å². The van der Waals surface area contributed by atoms with E-state index in [1.807, 2.05) is 0 Å². The molecule has 1 aliphatic heterocycles. The zero-order valence-electron chi connectivity index (χ0n) is 15.4. The van der Waals surface area contributed by atoms with Crippen molar-refractivity contribution in [3.05, 3.63) is 0 Å². The van der Waals surface area contributed by atoms with Gasteiger partial charge in [-0.15, -0.1) is 0 Å². The summed E-state index contributed by atoms with van der Waals surface area (Å²) in [6.45, 7) is 6.03. The fourth-order valence-corrected chi connectivity index (χ4v) is 3.39. The minimum absolute atomic E-state index is 0.0295. The predicted molar refractivity (Wildman–Crippen MR) is 91.9 cm³/mol. The SMILES string of the molecule is CC(C)(C)OC(=O)N[C@@H](C(=O)OC(=O)[C@@H]1CCCN1)C1CCCCC1. The van der Waals surface area contributed by atoms with Gasteiger partial charge in [0, 0.05) is 0 Å². The van der Waals surface area contributed by atoms with Gasteiger partial charge in [0.2, 0.25) is 0 Å². The van der Waals surface area contributed by atoms with Crippen LogP contribution in [0.1, 0.15) is 65.7 Å². The van der Waals surface area contributed by atoms with Gasteiger partial charge < -0.3 is 20.1 Å². The summed E-state index contributed by atoms with van der Waals surface area (Å²) in [6.07, 6.45) is 5.67. The third-order valence-electron chi connectivity index (χ3n) is 4.59. The number of amides is 1. The molecule has 0 radical (unpaired) electrons. The Bertz CT molecular complexity index is 488. The molecule has 2 aliphatic rings. The monoisotopic (exact) mass is 354 g/mol. The maximum atomic E-state index is 12.6. The van der Waals surface area contributed by atoms with Gasteiger partial charge in [0.1, 0.15) is 17.7 Å². The van der Waals surface area contributed by atoms with E-state index in [0.29, 0.717) is 6.42 Å². The number of alkyl carbamates (subject to hydrolysis) is 1. The molecule has 2 atom stereocenters. The number of esters is 2. The molecule has 1 saturated heterocycles. The first-order chi connectivity index (χ1) is 11.8. The van der Waals surface area contributed by atoms with Gasteiger partial charge in [0.05, 0.1) is 0 Å². The number of carbonyl (C=O) groups excluding carboxylic acids is 3. The van der Waals surface area contributed by atoms with Crippen LogP contribution in [0, 0.1) is 5.92 Å². The smallest absolute Gasteiger partial charge is 0.408 e. The van der Waals surface area contributed by atoms with Crippen molar-refractivity contribution in [2.75, 3.05) is 6.54 Å². The summed E-state index contributed by atoms with van der Waals surface area (Å²) in [5, 5.41) is 5.64. The Hall–Kier alpha value is -1.63. The summed E-state index contributed by atoms with van der Waals surface area (Å²) in [6, 6.07) is -1.28. The van der Waals surface area contributed by atoms with Crippen LogP contribution in [0.15, 0.2) is 0 Å². The van der Waals surface area contributed by atoms with Crippen molar-refractivity contribution >= 4 is 18.0 Å². The Labute approximate surface area is 149 Å². The number of nitrogens with one attached hydrogen (secondary N) is 2. The number of rotatable bonds is 4. The molecular weight excluding hydrogens is 324 g/mol. The molecule has 0 aromatic carbocycles. The van der Waals surface area contributed by atoms with Crippen molar-refractivity contribution in [2.24, 2.45) is 5.92 Å². The van der Waals surface area contributed by atoms with Crippen LogP contribution in [-0.2, 0) is 19.1 Å². The van der Waals surface area contributed by atoms with Crippen molar-refractivity contribution in [2.45, 2.75) is 83.4 Å². The van der Waals surface area contributed by atoms with Gasteiger partial charge in [-0.25, -0.2) is 14.4 Å². The second-order valence-corrected chi connectivity index (χ2v) is 7.91. The Kier molecular flexibility index (Phi) is 6.81. The fraction of sp³-hybridized carbons (Fsp3) is 0.833. The summed E-state index contributed by atoms with van der Waals surface area (Å²) in [7, 11) is 0. The molecule has 142 valence electrons. The molecule has 0 bridgehead atoms. The largest absolute Gasteiger partial charge is 0.444 e. The van der Waals surface area contributed by atoms with E-state index in [1.165, 1.54) is 0 Å². The molecule has 2 rings (SSSR count). The third-order valence-corrected chi connectivity index (χ3v) is 4.59. The standard InChI is InChI=1S/C18H30N2O5/c1-18(2,3)25-17(23)20-14(12-8-5-4-6-9-12)16(22)24-15(21)13-10-7-11-19-13/h12-14,19H,4-11H2,1-3H3,(H,20,23)/t13-,14+/m0/s1. The lowest BCUT2D eigenvalue weighted by Gasteiger charge is -2.30. The van der Waals surface area contributed by atoms with Gasteiger partial charge >= 0.3 is 18.0 Å². The maximum absolute atomic E-state index is 12.6. The molecule has 25 heavy (non-hydrogen) atoms. The van der Waals surface area contributed by atoms with Crippen molar-refractivity contribution < 1.29 is 23.9 Å². The van der Waals surface area contributed by atoms with Crippen LogP contribution in [0.4, 0.5) is 4.79 Å². The van der Waals surface area contributed by atoms with Crippen LogP contribution in [0.5, 0.6) is 0 Å². The highest BCUT2D eigenvalue weighted by Crippen LogP contribution is 2.27. The second-order valence-electron chi connectivity index (χ2n) is 7.91. The molecule has 1 aliphatic carbocycles. The Morgan fingerprint density at radius 1 is 1.04 bits per heavy atom. The predicted octanol–water partition coefficient (Wildman–Crippen LogP) is 2.28. The van der Waals surface area contributed by atoms with Crippen LogP contribution >= 0.6 is 0 Å². The van der Waals surface area contributed by atoms with Crippen molar-refractivity contribution in [1.82, 2.24) is 10.6 Å². The van der Waals surface area contributed by atoms with E-state index in [9.17, 15) is 14.4 Å². The molecule has 2 N–H and O–H groups in total. The minimum atomic E-state index is -0.847. The quantitative estimate of drug-likeness (QED) is 0.594.